The van der Waals surface area contributed by atoms with Gasteiger partial charge in [0.05, 0.1) is 0 Å². The van der Waals surface area contributed by atoms with E-state index in [4.69, 9.17) is 0 Å². The topological polar surface area (TPSA) is 0 Å². The quantitative estimate of drug-likeness (QED) is 0.436. The van der Waals surface area contributed by atoms with E-state index in [9.17, 15) is 0 Å². The van der Waals surface area contributed by atoms with Gasteiger partial charge in [-0.25, -0.2) is 0 Å². The first-order valence-corrected chi connectivity index (χ1v) is 6.82. The van der Waals surface area contributed by atoms with E-state index < -0.39 is 0 Å². The number of aryl methyl sites for hydroxylation is 1. The zero-order valence-corrected chi connectivity index (χ0v) is 16.2. The fraction of sp³-hybridized carbons (Fsp3) is 0.158. The minimum Gasteiger partial charge on any atom is -1.00 e. The first-order valence-electron chi connectivity index (χ1n) is 6.82. The molecule has 0 amide bonds. The van der Waals surface area contributed by atoms with E-state index in [1.54, 1.807) is 0 Å². The van der Waals surface area contributed by atoms with Crippen LogP contribution in [-0.4, -0.2) is 0 Å². The molecule has 2 aliphatic rings. The van der Waals surface area contributed by atoms with Crippen LogP contribution in [0.4, 0.5) is 0 Å². The minimum atomic E-state index is 0. The Morgan fingerprint density at radius 3 is 2.41 bits per heavy atom. The van der Waals surface area contributed by atoms with Crippen LogP contribution in [0.15, 0.2) is 54.6 Å². The molecule has 0 aromatic heterocycles. The fourth-order valence-corrected chi connectivity index (χ4v) is 3.19. The molecule has 0 fully saturated rings. The Labute approximate surface area is 163 Å². The van der Waals surface area contributed by atoms with E-state index >= 15 is 0 Å². The van der Waals surface area contributed by atoms with Crippen molar-refractivity contribution in [1.29, 1.82) is 0 Å². The largest absolute Gasteiger partial charge is 3.00 e. The van der Waals surface area contributed by atoms with Crippen LogP contribution >= 0.6 is 0 Å². The smallest absolute Gasteiger partial charge is 1.00 e. The molecule has 3 heteroatoms. The second kappa shape index (κ2) is 7.78. The summed E-state index contributed by atoms with van der Waals surface area (Å²) in [6.45, 7) is 2.20. The van der Waals surface area contributed by atoms with Gasteiger partial charge in [-0.3, -0.25) is 0 Å². The van der Waals surface area contributed by atoms with Gasteiger partial charge in [0.15, 0.2) is 0 Å². The standard InChI is InChI=1S/C19H15.2ClH.Zr/c1-13-10-19-16(11-15-8-4-5-9-17(15)19)12-18(13)14-6-2-3-7-14;;;/h2-10,14H,11H2,1H3;2*1H;/q-1;;;+3/p-2. The molecule has 2 aliphatic carbocycles. The van der Waals surface area contributed by atoms with Gasteiger partial charge in [0.2, 0.25) is 0 Å². The van der Waals surface area contributed by atoms with Crippen molar-refractivity contribution >= 4 is 0 Å². The Morgan fingerprint density at radius 1 is 1.00 bits per heavy atom. The maximum absolute atomic E-state index is 3.68. The molecule has 109 valence electrons. The zero-order valence-electron chi connectivity index (χ0n) is 12.2. The van der Waals surface area contributed by atoms with Gasteiger partial charge in [-0.05, 0) is 12.3 Å². The van der Waals surface area contributed by atoms with E-state index in [0.717, 1.165) is 6.42 Å². The Balaban J connectivity index is 0.000000807. The number of halogens is 2. The molecule has 0 atom stereocenters. The zero-order chi connectivity index (χ0) is 12.8. The van der Waals surface area contributed by atoms with Gasteiger partial charge < -0.3 is 24.8 Å². The Bertz CT molecular complexity index is 720. The second-order valence-corrected chi connectivity index (χ2v) is 5.39. The molecule has 22 heavy (non-hydrogen) atoms. The van der Waals surface area contributed by atoms with Crippen molar-refractivity contribution in [2.75, 3.05) is 0 Å². The second-order valence-electron chi connectivity index (χ2n) is 5.39. The Morgan fingerprint density at radius 2 is 1.68 bits per heavy atom. The van der Waals surface area contributed by atoms with Gasteiger partial charge in [-0.1, -0.05) is 66.6 Å². The van der Waals surface area contributed by atoms with Crippen LogP contribution in [0.25, 0.3) is 11.1 Å². The van der Waals surface area contributed by atoms with Crippen molar-refractivity contribution < 1.29 is 51.0 Å². The van der Waals surface area contributed by atoms with Crippen LogP contribution in [0, 0.1) is 13.0 Å². The molecule has 0 saturated carbocycles. The summed E-state index contributed by atoms with van der Waals surface area (Å²) in [5.41, 5.74) is 8.23. The summed E-state index contributed by atoms with van der Waals surface area (Å²) in [5.74, 6) is 0.411. The van der Waals surface area contributed by atoms with Crippen LogP contribution in [0.3, 0.4) is 0 Å². The molecule has 0 aliphatic heterocycles. The Hall–Kier alpha value is -0.617. The van der Waals surface area contributed by atoms with E-state index in [1.165, 1.54) is 33.4 Å². The minimum absolute atomic E-state index is 0. The van der Waals surface area contributed by atoms with Gasteiger partial charge in [-0.15, -0.1) is 16.7 Å². The summed E-state index contributed by atoms with van der Waals surface area (Å²) < 4.78 is 0. The van der Waals surface area contributed by atoms with Crippen molar-refractivity contribution in [2.45, 2.75) is 19.3 Å². The van der Waals surface area contributed by atoms with Gasteiger partial charge in [0.1, 0.15) is 0 Å². The third-order valence-electron chi connectivity index (χ3n) is 4.15. The molecule has 0 saturated heterocycles. The summed E-state index contributed by atoms with van der Waals surface area (Å²) in [6, 6.07) is 14.7. The molecule has 0 spiro atoms. The number of hydrogen-bond acceptors (Lipinski definition) is 0. The number of hydrogen-bond donors (Lipinski definition) is 0. The molecule has 2 aromatic carbocycles. The molecule has 2 aromatic rings. The predicted molar refractivity (Wildman–Crippen MR) is 79.3 cm³/mol. The summed E-state index contributed by atoms with van der Waals surface area (Å²) in [7, 11) is 0. The predicted octanol–water partition coefficient (Wildman–Crippen LogP) is -1.42. The normalized spacial score (nSPS) is 13.7. The molecular weight excluding hydrogens is 390 g/mol. The molecule has 0 bridgehead atoms. The van der Waals surface area contributed by atoms with Crippen molar-refractivity contribution in [3.8, 4) is 11.1 Å². The average Bonchev–Trinajstić information content (AvgIpc) is 3.04. The molecule has 4 rings (SSSR count). The van der Waals surface area contributed by atoms with Crippen LogP contribution in [0.5, 0.6) is 0 Å². The van der Waals surface area contributed by atoms with Gasteiger partial charge in [0.25, 0.3) is 0 Å². The maximum Gasteiger partial charge on any atom is 3.00 e. The first kappa shape index (κ1) is 19.4. The van der Waals surface area contributed by atoms with Crippen LogP contribution in [-0.2, 0) is 32.6 Å². The van der Waals surface area contributed by atoms with Gasteiger partial charge in [-0.2, -0.15) is 17.7 Å². The first-order chi connectivity index (χ1) is 9.33. The molecular formula is C19H15Cl2Zr. The van der Waals surface area contributed by atoms with Crippen LogP contribution < -0.4 is 24.8 Å². The van der Waals surface area contributed by atoms with E-state index in [-0.39, 0.29) is 51.0 Å². The number of rotatable bonds is 1. The summed E-state index contributed by atoms with van der Waals surface area (Å²) in [5, 5.41) is 0. The van der Waals surface area contributed by atoms with Crippen molar-refractivity contribution in [2.24, 2.45) is 0 Å². The third kappa shape index (κ3) is 3.18. The Kier molecular flexibility index (Phi) is 6.87. The van der Waals surface area contributed by atoms with E-state index in [2.05, 4.69) is 67.6 Å². The molecule has 0 nitrogen and oxygen atoms in total. The van der Waals surface area contributed by atoms with Crippen LogP contribution in [0.1, 0.15) is 28.2 Å². The molecule has 1 radical (unpaired) electrons. The van der Waals surface area contributed by atoms with Crippen LogP contribution in [0.2, 0.25) is 0 Å². The fourth-order valence-electron chi connectivity index (χ4n) is 3.19. The van der Waals surface area contributed by atoms with Crippen molar-refractivity contribution in [3.63, 3.8) is 0 Å². The van der Waals surface area contributed by atoms with Gasteiger partial charge >= 0.3 is 26.2 Å². The van der Waals surface area contributed by atoms with Crippen molar-refractivity contribution in [1.82, 2.24) is 0 Å². The molecule has 0 heterocycles. The summed E-state index contributed by atoms with van der Waals surface area (Å²) >= 11 is 0. The number of allylic oxidation sites excluding steroid dienone is 4. The maximum atomic E-state index is 3.68. The summed E-state index contributed by atoms with van der Waals surface area (Å²) in [6.07, 6.45) is 9.76. The monoisotopic (exact) mass is 403 g/mol. The third-order valence-corrected chi connectivity index (χ3v) is 4.15. The van der Waals surface area contributed by atoms with Crippen molar-refractivity contribution in [3.05, 3.63) is 83.0 Å². The SMILES string of the molecule is Cc1cc2c([c-]c1C1C=CC=C1)Cc1ccccc1-2.[Cl-].[Cl-].[Zr+3]. The van der Waals surface area contributed by atoms with E-state index in [1.807, 2.05) is 0 Å². The van der Waals surface area contributed by atoms with E-state index in [0.29, 0.717) is 5.92 Å². The molecule has 0 N–H and O–H groups in total. The van der Waals surface area contributed by atoms with Gasteiger partial charge in [0, 0.05) is 0 Å². The number of fused-ring (bicyclic) bond motifs is 3. The average molecular weight is 405 g/mol. The summed E-state index contributed by atoms with van der Waals surface area (Å²) in [4.78, 5) is 0. The number of benzene rings is 2. The molecule has 0 unspecified atom stereocenters.